The van der Waals surface area contributed by atoms with Crippen LogP contribution >= 0.6 is 0 Å². The Morgan fingerprint density at radius 1 is 1.25 bits per heavy atom. The van der Waals surface area contributed by atoms with E-state index in [4.69, 9.17) is 0 Å². The lowest BCUT2D eigenvalue weighted by atomic mass is 10.0. The Kier molecular flexibility index (Phi) is 2.54. The van der Waals surface area contributed by atoms with Gasteiger partial charge in [0.25, 0.3) is 0 Å². The smallest absolute Gasteiger partial charge is 0.142 e. The lowest BCUT2D eigenvalue weighted by Gasteiger charge is -2.24. The minimum Gasteiger partial charge on any atom is -0.322 e. The SMILES string of the molecule is O=CC1CCCc2cnc(C3CCCC3)n21. The highest BCUT2D eigenvalue weighted by molar-refractivity contribution is 5.56. The van der Waals surface area contributed by atoms with Crippen molar-refractivity contribution < 1.29 is 4.79 Å². The van der Waals surface area contributed by atoms with E-state index in [0.29, 0.717) is 5.92 Å². The Morgan fingerprint density at radius 3 is 2.81 bits per heavy atom. The largest absolute Gasteiger partial charge is 0.322 e. The zero-order valence-corrected chi connectivity index (χ0v) is 9.56. The molecule has 1 saturated carbocycles. The van der Waals surface area contributed by atoms with Crippen LogP contribution in [0, 0.1) is 0 Å². The van der Waals surface area contributed by atoms with E-state index in [1.54, 1.807) is 0 Å². The van der Waals surface area contributed by atoms with Crippen molar-refractivity contribution in [3.8, 4) is 0 Å². The molecule has 2 heterocycles. The number of nitrogens with zero attached hydrogens (tertiary/aromatic N) is 2. The monoisotopic (exact) mass is 218 g/mol. The summed E-state index contributed by atoms with van der Waals surface area (Å²) in [6.07, 6.45) is 11.4. The van der Waals surface area contributed by atoms with Gasteiger partial charge in [0.2, 0.25) is 0 Å². The highest BCUT2D eigenvalue weighted by Gasteiger charge is 2.28. The average molecular weight is 218 g/mol. The Bertz CT molecular complexity index is 391. The van der Waals surface area contributed by atoms with Crippen LogP contribution in [0.1, 0.15) is 62.0 Å². The van der Waals surface area contributed by atoms with Gasteiger partial charge in [-0.15, -0.1) is 0 Å². The predicted octanol–water partition coefficient (Wildman–Crippen LogP) is 2.62. The number of imidazole rings is 1. The molecule has 3 heteroatoms. The van der Waals surface area contributed by atoms with Gasteiger partial charge in [-0.05, 0) is 32.1 Å². The maximum atomic E-state index is 11.1. The van der Waals surface area contributed by atoms with Crippen LogP contribution in [0.25, 0.3) is 0 Å². The van der Waals surface area contributed by atoms with Crippen molar-refractivity contribution in [2.45, 2.75) is 56.9 Å². The number of aldehydes is 1. The summed E-state index contributed by atoms with van der Waals surface area (Å²) in [5.41, 5.74) is 1.27. The number of aromatic nitrogens is 2. The zero-order chi connectivity index (χ0) is 11.0. The summed E-state index contributed by atoms with van der Waals surface area (Å²) >= 11 is 0. The molecule has 1 aliphatic heterocycles. The minimum absolute atomic E-state index is 0.0573. The normalized spacial score (nSPS) is 25.6. The summed E-state index contributed by atoms with van der Waals surface area (Å²) in [6, 6.07) is 0.0573. The second kappa shape index (κ2) is 4.04. The van der Waals surface area contributed by atoms with Gasteiger partial charge >= 0.3 is 0 Å². The third-order valence-electron chi connectivity index (χ3n) is 4.04. The first-order valence-electron chi connectivity index (χ1n) is 6.41. The van der Waals surface area contributed by atoms with Gasteiger partial charge in [0.1, 0.15) is 12.1 Å². The fourth-order valence-corrected chi connectivity index (χ4v) is 3.22. The first kappa shape index (κ1) is 10.1. The first-order chi connectivity index (χ1) is 7.90. The van der Waals surface area contributed by atoms with Crippen LogP contribution < -0.4 is 0 Å². The first-order valence-corrected chi connectivity index (χ1v) is 6.41. The van der Waals surface area contributed by atoms with Gasteiger partial charge in [-0.1, -0.05) is 12.8 Å². The molecule has 0 spiro atoms. The highest BCUT2D eigenvalue weighted by Crippen LogP contribution is 2.36. The van der Waals surface area contributed by atoms with Crippen LogP contribution in [0.4, 0.5) is 0 Å². The summed E-state index contributed by atoms with van der Waals surface area (Å²) in [6.45, 7) is 0. The summed E-state index contributed by atoms with van der Waals surface area (Å²) in [7, 11) is 0. The van der Waals surface area contributed by atoms with Gasteiger partial charge < -0.3 is 9.36 Å². The van der Waals surface area contributed by atoms with E-state index in [1.165, 1.54) is 37.2 Å². The maximum Gasteiger partial charge on any atom is 0.142 e. The van der Waals surface area contributed by atoms with Crippen LogP contribution in [0.2, 0.25) is 0 Å². The number of carbonyl (C=O) groups excluding carboxylic acids is 1. The van der Waals surface area contributed by atoms with Crippen LogP contribution in [0.15, 0.2) is 6.20 Å². The molecule has 0 saturated heterocycles. The van der Waals surface area contributed by atoms with Crippen molar-refractivity contribution in [2.24, 2.45) is 0 Å². The number of rotatable bonds is 2. The fourth-order valence-electron chi connectivity index (χ4n) is 3.22. The summed E-state index contributed by atoms with van der Waals surface area (Å²) in [5.74, 6) is 1.79. The number of fused-ring (bicyclic) bond motifs is 1. The van der Waals surface area contributed by atoms with Gasteiger partial charge in [0.05, 0.1) is 6.04 Å². The molecule has 1 aromatic rings. The molecule has 1 unspecified atom stereocenters. The molecule has 3 nitrogen and oxygen atoms in total. The Morgan fingerprint density at radius 2 is 2.06 bits per heavy atom. The topological polar surface area (TPSA) is 34.9 Å². The van der Waals surface area contributed by atoms with E-state index in [0.717, 1.165) is 25.5 Å². The van der Waals surface area contributed by atoms with E-state index in [-0.39, 0.29) is 6.04 Å². The van der Waals surface area contributed by atoms with Crippen molar-refractivity contribution in [3.05, 3.63) is 17.7 Å². The molecule has 16 heavy (non-hydrogen) atoms. The van der Waals surface area contributed by atoms with Crippen molar-refractivity contribution in [1.29, 1.82) is 0 Å². The van der Waals surface area contributed by atoms with Gasteiger partial charge in [0, 0.05) is 17.8 Å². The minimum atomic E-state index is 0.0573. The second-order valence-electron chi connectivity index (χ2n) is 5.05. The summed E-state index contributed by atoms with van der Waals surface area (Å²) < 4.78 is 2.23. The molecule has 0 amide bonds. The van der Waals surface area contributed by atoms with Crippen molar-refractivity contribution >= 4 is 6.29 Å². The number of carbonyl (C=O) groups is 1. The molecule has 86 valence electrons. The molecule has 1 aliphatic carbocycles. The molecule has 3 rings (SSSR count). The summed E-state index contributed by atoms with van der Waals surface area (Å²) in [5, 5.41) is 0. The molecular formula is C13H18N2O. The van der Waals surface area contributed by atoms with Gasteiger partial charge in [-0.25, -0.2) is 4.98 Å². The number of aryl methyl sites for hydroxylation is 1. The van der Waals surface area contributed by atoms with Gasteiger partial charge in [-0.3, -0.25) is 0 Å². The molecule has 0 N–H and O–H groups in total. The van der Waals surface area contributed by atoms with E-state index in [2.05, 4.69) is 9.55 Å². The van der Waals surface area contributed by atoms with Crippen molar-refractivity contribution in [3.63, 3.8) is 0 Å². The Balaban J connectivity index is 1.99. The van der Waals surface area contributed by atoms with Crippen molar-refractivity contribution in [1.82, 2.24) is 9.55 Å². The van der Waals surface area contributed by atoms with Crippen LogP contribution in [-0.2, 0) is 11.2 Å². The Labute approximate surface area is 95.9 Å². The van der Waals surface area contributed by atoms with Crippen LogP contribution in [0.5, 0.6) is 0 Å². The molecule has 0 aromatic carbocycles. The fraction of sp³-hybridized carbons (Fsp3) is 0.692. The average Bonchev–Trinajstić information content (AvgIpc) is 2.96. The quantitative estimate of drug-likeness (QED) is 0.715. The molecule has 1 atom stereocenters. The lowest BCUT2D eigenvalue weighted by molar-refractivity contribution is -0.111. The van der Waals surface area contributed by atoms with Crippen molar-refractivity contribution in [2.75, 3.05) is 0 Å². The molecule has 0 radical (unpaired) electrons. The van der Waals surface area contributed by atoms with Crippen LogP contribution in [-0.4, -0.2) is 15.8 Å². The molecule has 1 fully saturated rings. The molecule has 0 bridgehead atoms. The van der Waals surface area contributed by atoms with E-state index < -0.39 is 0 Å². The summed E-state index contributed by atoms with van der Waals surface area (Å²) in [4.78, 5) is 15.7. The van der Waals surface area contributed by atoms with E-state index in [1.807, 2.05) is 6.20 Å². The molecule has 2 aliphatic rings. The number of hydrogen-bond acceptors (Lipinski definition) is 2. The third-order valence-corrected chi connectivity index (χ3v) is 4.04. The van der Waals surface area contributed by atoms with E-state index in [9.17, 15) is 4.79 Å². The zero-order valence-electron chi connectivity index (χ0n) is 9.56. The maximum absolute atomic E-state index is 11.1. The van der Waals surface area contributed by atoms with Gasteiger partial charge in [-0.2, -0.15) is 0 Å². The van der Waals surface area contributed by atoms with E-state index >= 15 is 0 Å². The third kappa shape index (κ3) is 1.49. The number of hydrogen-bond donors (Lipinski definition) is 0. The standard InChI is InChI=1S/C13H18N2O/c16-9-12-7-3-6-11-8-14-13(15(11)12)10-4-1-2-5-10/h8-10,12H,1-7H2. The Hall–Kier alpha value is -1.12. The lowest BCUT2D eigenvalue weighted by Crippen LogP contribution is -2.21. The second-order valence-corrected chi connectivity index (χ2v) is 5.05. The van der Waals surface area contributed by atoms with Gasteiger partial charge in [0.15, 0.2) is 0 Å². The molecular weight excluding hydrogens is 200 g/mol. The highest BCUT2D eigenvalue weighted by atomic mass is 16.1. The van der Waals surface area contributed by atoms with Crippen LogP contribution in [0.3, 0.4) is 0 Å². The predicted molar refractivity (Wildman–Crippen MR) is 61.5 cm³/mol. The molecule has 1 aromatic heterocycles.